The van der Waals surface area contributed by atoms with Gasteiger partial charge in [0.25, 0.3) is 0 Å². The van der Waals surface area contributed by atoms with Crippen molar-refractivity contribution in [3.05, 3.63) is 33.8 Å². The van der Waals surface area contributed by atoms with Crippen LogP contribution in [0.2, 0.25) is 0 Å². The van der Waals surface area contributed by atoms with E-state index < -0.39 is 0 Å². The fourth-order valence-electron chi connectivity index (χ4n) is 2.37. The number of fused-ring (bicyclic) bond motifs is 1. The summed E-state index contributed by atoms with van der Waals surface area (Å²) >= 11 is 3.60. The summed E-state index contributed by atoms with van der Waals surface area (Å²) in [4.78, 5) is 0. The molecule has 0 fully saturated rings. The molecule has 1 aromatic rings. The smallest absolute Gasteiger partial charge is 0.0584 e. The van der Waals surface area contributed by atoms with Gasteiger partial charge in [-0.2, -0.15) is 0 Å². The third-order valence-electron chi connectivity index (χ3n) is 3.36. The molecule has 0 saturated carbocycles. The molecular formula is C13H18BrNO. The lowest BCUT2D eigenvalue weighted by atomic mass is 10.1. The Labute approximate surface area is 105 Å². The van der Waals surface area contributed by atoms with Crippen molar-refractivity contribution in [3.63, 3.8) is 0 Å². The second-order valence-corrected chi connectivity index (χ2v) is 5.21. The van der Waals surface area contributed by atoms with Gasteiger partial charge in [-0.05, 0) is 36.5 Å². The van der Waals surface area contributed by atoms with Crippen LogP contribution in [0.5, 0.6) is 0 Å². The topological polar surface area (TPSA) is 32.3 Å². The fraction of sp³-hybridized carbons (Fsp3) is 0.538. The number of hydrogen-bond acceptors (Lipinski definition) is 2. The molecule has 1 aromatic carbocycles. The van der Waals surface area contributed by atoms with Crippen molar-refractivity contribution in [1.82, 2.24) is 5.32 Å². The van der Waals surface area contributed by atoms with Crippen molar-refractivity contribution in [2.75, 3.05) is 6.61 Å². The van der Waals surface area contributed by atoms with E-state index in [1.165, 1.54) is 15.6 Å². The molecular weight excluding hydrogens is 266 g/mol. The van der Waals surface area contributed by atoms with Gasteiger partial charge in [0, 0.05) is 16.6 Å². The molecule has 1 unspecified atom stereocenters. The van der Waals surface area contributed by atoms with Crippen molar-refractivity contribution in [2.24, 2.45) is 0 Å². The molecule has 0 bridgehead atoms. The highest BCUT2D eigenvalue weighted by atomic mass is 79.9. The fourth-order valence-corrected chi connectivity index (χ4v) is 2.95. The Morgan fingerprint density at radius 3 is 3.06 bits per heavy atom. The van der Waals surface area contributed by atoms with Crippen LogP contribution in [0.15, 0.2) is 22.7 Å². The van der Waals surface area contributed by atoms with Crippen molar-refractivity contribution in [2.45, 2.75) is 38.3 Å². The Balaban J connectivity index is 2.14. The third-order valence-corrected chi connectivity index (χ3v) is 4.11. The monoisotopic (exact) mass is 283 g/mol. The van der Waals surface area contributed by atoms with Gasteiger partial charge in [0.2, 0.25) is 0 Å². The van der Waals surface area contributed by atoms with E-state index in [2.05, 4.69) is 46.4 Å². The molecule has 0 radical (unpaired) electrons. The Morgan fingerprint density at radius 2 is 2.38 bits per heavy atom. The highest BCUT2D eigenvalue weighted by Gasteiger charge is 2.25. The Kier molecular flexibility index (Phi) is 4.00. The maximum absolute atomic E-state index is 9.22. The molecule has 1 aliphatic carbocycles. The highest BCUT2D eigenvalue weighted by molar-refractivity contribution is 9.10. The van der Waals surface area contributed by atoms with Crippen LogP contribution in [-0.2, 0) is 6.42 Å². The van der Waals surface area contributed by atoms with Crippen LogP contribution in [0.3, 0.4) is 0 Å². The number of aliphatic hydroxyl groups excluding tert-OH is 1. The summed E-state index contributed by atoms with van der Waals surface area (Å²) in [5.41, 5.74) is 2.81. The number of rotatable bonds is 4. The minimum Gasteiger partial charge on any atom is -0.395 e. The van der Waals surface area contributed by atoms with Crippen LogP contribution in [0, 0.1) is 0 Å². The van der Waals surface area contributed by atoms with Gasteiger partial charge in [0.05, 0.1) is 6.61 Å². The number of benzene rings is 1. The van der Waals surface area contributed by atoms with Crippen LogP contribution >= 0.6 is 15.9 Å². The lowest BCUT2D eigenvalue weighted by molar-refractivity contribution is 0.227. The number of aliphatic hydroxyl groups is 1. The zero-order valence-corrected chi connectivity index (χ0v) is 11.1. The van der Waals surface area contributed by atoms with Gasteiger partial charge in [-0.3, -0.25) is 0 Å². The van der Waals surface area contributed by atoms with Crippen molar-refractivity contribution >= 4 is 15.9 Å². The molecule has 88 valence electrons. The van der Waals surface area contributed by atoms with Gasteiger partial charge < -0.3 is 10.4 Å². The number of nitrogens with one attached hydrogen (secondary N) is 1. The maximum Gasteiger partial charge on any atom is 0.0584 e. The van der Waals surface area contributed by atoms with E-state index >= 15 is 0 Å². The molecule has 2 nitrogen and oxygen atoms in total. The summed E-state index contributed by atoms with van der Waals surface area (Å²) in [6.45, 7) is 2.32. The van der Waals surface area contributed by atoms with Crippen molar-refractivity contribution in [1.29, 1.82) is 0 Å². The predicted octanol–water partition coefficient (Wildman–Crippen LogP) is 2.80. The summed E-state index contributed by atoms with van der Waals surface area (Å²) in [5.74, 6) is 0. The van der Waals surface area contributed by atoms with Crippen LogP contribution in [0.25, 0.3) is 0 Å². The van der Waals surface area contributed by atoms with Gasteiger partial charge in [0.15, 0.2) is 0 Å². The first-order valence-electron chi connectivity index (χ1n) is 5.90. The van der Waals surface area contributed by atoms with E-state index in [1.54, 1.807) is 0 Å². The van der Waals surface area contributed by atoms with Crippen LogP contribution in [0.1, 0.15) is 36.9 Å². The minimum atomic E-state index is 0.218. The van der Waals surface area contributed by atoms with E-state index in [0.29, 0.717) is 6.04 Å². The summed E-state index contributed by atoms with van der Waals surface area (Å²) in [5, 5.41) is 12.7. The van der Waals surface area contributed by atoms with E-state index in [0.717, 1.165) is 19.3 Å². The van der Waals surface area contributed by atoms with E-state index in [4.69, 9.17) is 0 Å². The van der Waals surface area contributed by atoms with Gasteiger partial charge in [0.1, 0.15) is 0 Å². The number of hydrogen-bond donors (Lipinski definition) is 2. The summed E-state index contributed by atoms with van der Waals surface area (Å²) in [7, 11) is 0. The van der Waals surface area contributed by atoms with Gasteiger partial charge >= 0.3 is 0 Å². The Hall–Kier alpha value is -0.380. The molecule has 2 rings (SSSR count). The molecule has 0 aromatic heterocycles. The van der Waals surface area contributed by atoms with Gasteiger partial charge in [-0.25, -0.2) is 0 Å². The highest BCUT2D eigenvalue weighted by Crippen LogP contribution is 2.35. The van der Waals surface area contributed by atoms with Gasteiger partial charge in [-0.1, -0.05) is 35.0 Å². The first-order chi connectivity index (χ1) is 7.76. The minimum absolute atomic E-state index is 0.218. The van der Waals surface area contributed by atoms with Crippen molar-refractivity contribution in [3.8, 4) is 0 Å². The summed E-state index contributed by atoms with van der Waals surface area (Å²) in [6, 6.07) is 7.00. The molecule has 16 heavy (non-hydrogen) atoms. The Morgan fingerprint density at radius 1 is 1.56 bits per heavy atom. The molecule has 0 saturated heterocycles. The quantitative estimate of drug-likeness (QED) is 0.891. The molecule has 0 heterocycles. The van der Waals surface area contributed by atoms with E-state index in [9.17, 15) is 5.11 Å². The number of halogens is 1. The first-order valence-corrected chi connectivity index (χ1v) is 6.69. The molecule has 0 spiro atoms. The molecule has 2 atom stereocenters. The molecule has 0 aliphatic heterocycles. The summed E-state index contributed by atoms with van der Waals surface area (Å²) < 4.78 is 1.21. The first kappa shape index (κ1) is 12.1. The van der Waals surface area contributed by atoms with E-state index in [1.807, 2.05) is 0 Å². The SMILES string of the molecule is CC[C@H](CO)NC1CCc2c(Br)cccc21. The predicted molar refractivity (Wildman–Crippen MR) is 69.5 cm³/mol. The van der Waals surface area contributed by atoms with E-state index in [-0.39, 0.29) is 12.6 Å². The second-order valence-electron chi connectivity index (χ2n) is 4.35. The largest absolute Gasteiger partial charge is 0.395 e. The normalized spacial score (nSPS) is 20.8. The zero-order chi connectivity index (χ0) is 11.5. The molecule has 0 amide bonds. The Bertz CT molecular complexity index is 363. The maximum atomic E-state index is 9.22. The standard InChI is InChI=1S/C13H18BrNO/c1-2-9(8-16)15-13-7-6-10-11(13)4-3-5-12(10)14/h3-5,9,13,15-16H,2,6-8H2,1H3/t9-,13?/m1/s1. The lowest BCUT2D eigenvalue weighted by Gasteiger charge is -2.20. The molecule has 2 N–H and O–H groups in total. The second kappa shape index (κ2) is 5.30. The lowest BCUT2D eigenvalue weighted by Crippen LogP contribution is -2.34. The van der Waals surface area contributed by atoms with Crippen LogP contribution in [0.4, 0.5) is 0 Å². The zero-order valence-electron chi connectivity index (χ0n) is 9.54. The van der Waals surface area contributed by atoms with Gasteiger partial charge in [-0.15, -0.1) is 0 Å². The average Bonchev–Trinajstić information content (AvgIpc) is 2.71. The summed E-state index contributed by atoms with van der Waals surface area (Å²) in [6.07, 6.45) is 3.22. The molecule has 1 aliphatic rings. The average molecular weight is 284 g/mol. The van der Waals surface area contributed by atoms with Crippen molar-refractivity contribution < 1.29 is 5.11 Å². The third kappa shape index (κ3) is 2.31. The van der Waals surface area contributed by atoms with Crippen LogP contribution < -0.4 is 5.32 Å². The van der Waals surface area contributed by atoms with Crippen LogP contribution in [-0.4, -0.2) is 17.8 Å². The molecule has 3 heteroatoms.